The van der Waals surface area contributed by atoms with Gasteiger partial charge in [-0.25, -0.2) is 8.78 Å². The zero-order valence-electron chi connectivity index (χ0n) is 6.82. The Bertz CT molecular complexity index is 317. The lowest BCUT2D eigenvalue weighted by Crippen LogP contribution is -2.00. The zero-order chi connectivity index (χ0) is 10.0. The Morgan fingerprint density at radius 1 is 1.62 bits per heavy atom. The van der Waals surface area contributed by atoms with Crippen molar-refractivity contribution in [2.45, 2.75) is 18.7 Å². The summed E-state index contributed by atoms with van der Waals surface area (Å²) in [6.07, 6.45) is -2.50. The first-order valence-electron chi connectivity index (χ1n) is 3.56. The number of halogens is 4. The van der Waals surface area contributed by atoms with E-state index < -0.39 is 6.43 Å². The van der Waals surface area contributed by atoms with Crippen LogP contribution in [-0.2, 0) is 5.33 Å². The first-order chi connectivity index (χ1) is 6.06. The fourth-order valence-corrected chi connectivity index (χ4v) is 1.88. The summed E-state index contributed by atoms with van der Waals surface area (Å²) < 4.78 is 25.8. The van der Waals surface area contributed by atoms with Crippen LogP contribution < -0.4 is 0 Å². The minimum Gasteiger partial charge on any atom is -0.251 e. The van der Waals surface area contributed by atoms with E-state index in [0.717, 1.165) is 3.57 Å². The molecule has 0 amide bonds. The highest BCUT2D eigenvalue weighted by Crippen LogP contribution is 2.25. The summed E-state index contributed by atoms with van der Waals surface area (Å²) in [5, 5.41) is 0.413. The number of hydrogen-bond acceptors (Lipinski definition) is 1. The van der Waals surface area contributed by atoms with E-state index in [9.17, 15) is 8.78 Å². The van der Waals surface area contributed by atoms with Crippen LogP contribution in [0.15, 0.2) is 6.07 Å². The van der Waals surface area contributed by atoms with Crippen LogP contribution in [0.1, 0.15) is 23.4 Å². The molecule has 0 atom stereocenters. The standard InChI is InChI=1S/C8H7BrF2IN/c1-4-6(12)2-5(3-9)7(13-4)8(10)11/h2,8H,3H2,1H3. The van der Waals surface area contributed by atoms with Crippen LogP contribution in [0, 0.1) is 10.5 Å². The van der Waals surface area contributed by atoms with Crippen molar-refractivity contribution in [1.82, 2.24) is 4.98 Å². The topological polar surface area (TPSA) is 12.9 Å². The summed E-state index contributed by atoms with van der Waals surface area (Å²) in [6, 6.07) is 1.74. The molecule has 0 saturated heterocycles. The molecule has 0 aliphatic heterocycles. The van der Waals surface area contributed by atoms with Crippen LogP contribution in [0.2, 0.25) is 0 Å². The van der Waals surface area contributed by atoms with Gasteiger partial charge in [0.05, 0.1) is 5.69 Å². The molecule has 0 radical (unpaired) electrons. The molecule has 1 nitrogen and oxygen atoms in total. The molecule has 72 valence electrons. The minimum absolute atomic E-state index is 0.116. The monoisotopic (exact) mass is 361 g/mol. The van der Waals surface area contributed by atoms with Crippen molar-refractivity contribution in [2.75, 3.05) is 0 Å². The average molecular weight is 362 g/mol. The maximum absolute atomic E-state index is 12.4. The van der Waals surface area contributed by atoms with Gasteiger partial charge in [-0.2, -0.15) is 0 Å². The van der Waals surface area contributed by atoms with Crippen LogP contribution in [0.25, 0.3) is 0 Å². The highest BCUT2D eigenvalue weighted by Gasteiger charge is 2.15. The highest BCUT2D eigenvalue weighted by atomic mass is 127. The first kappa shape index (κ1) is 11.3. The Balaban J connectivity index is 3.25. The van der Waals surface area contributed by atoms with Gasteiger partial charge in [0.1, 0.15) is 5.69 Å². The second-order valence-corrected chi connectivity index (χ2v) is 4.26. The Labute approximate surface area is 97.2 Å². The summed E-state index contributed by atoms with van der Waals surface area (Å²) in [5.74, 6) is 0. The van der Waals surface area contributed by atoms with E-state index in [1.165, 1.54) is 0 Å². The number of aromatic nitrogens is 1. The molecule has 1 aromatic rings. The van der Waals surface area contributed by atoms with E-state index in [-0.39, 0.29) is 5.69 Å². The van der Waals surface area contributed by atoms with Crippen molar-refractivity contribution in [3.63, 3.8) is 0 Å². The molecule has 0 unspecified atom stereocenters. The summed E-state index contributed by atoms with van der Waals surface area (Å²) in [5.41, 5.74) is 1.10. The number of rotatable bonds is 2. The Morgan fingerprint density at radius 3 is 2.69 bits per heavy atom. The molecule has 0 bridgehead atoms. The maximum Gasteiger partial charge on any atom is 0.280 e. The Kier molecular flexibility index (Phi) is 4.03. The molecule has 1 aromatic heterocycles. The van der Waals surface area contributed by atoms with E-state index in [2.05, 4.69) is 43.5 Å². The third-order valence-electron chi connectivity index (χ3n) is 1.61. The molecule has 0 saturated carbocycles. The van der Waals surface area contributed by atoms with E-state index in [4.69, 9.17) is 0 Å². The molecule has 1 heterocycles. The number of alkyl halides is 3. The molecular weight excluding hydrogens is 355 g/mol. The molecule has 5 heteroatoms. The number of nitrogens with zero attached hydrogens (tertiary/aromatic N) is 1. The van der Waals surface area contributed by atoms with Crippen LogP contribution in [-0.4, -0.2) is 4.98 Å². The molecule has 13 heavy (non-hydrogen) atoms. The highest BCUT2D eigenvalue weighted by molar-refractivity contribution is 14.1. The number of aryl methyl sites for hydroxylation is 1. The maximum atomic E-state index is 12.4. The third-order valence-corrected chi connectivity index (χ3v) is 3.31. The normalized spacial score (nSPS) is 10.9. The second-order valence-electron chi connectivity index (χ2n) is 2.53. The van der Waals surface area contributed by atoms with Gasteiger partial charge in [0, 0.05) is 8.90 Å². The minimum atomic E-state index is -2.50. The summed E-state index contributed by atoms with van der Waals surface area (Å²) in [4.78, 5) is 3.86. The van der Waals surface area contributed by atoms with Crippen molar-refractivity contribution in [3.8, 4) is 0 Å². The Hall–Kier alpha value is 0.220. The SMILES string of the molecule is Cc1nc(C(F)F)c(CBr)cc1I. The van der Waals surface area contributed by atoms with Crippen LogP contribution >= 0.6 is 38.5 Å². The van der Waals surface area contributed by atoms with E-state index >= 15 is 0 Å². The number of hydrogen-bond donors (Lipinski definition) is 0. The van der Waals surface area contributed by atoms with Crippen molar-refractivity contribution in [2.24, 2.45) is 0 Å². The molecule has 0 aromatic carbocycles. The van der Waals surface area contributed by atoms with Gasteiger partial charge in [0.2, 0.25) is 0 Å². The fraction of sp³-hybridized carbons (Fsp3) is 0.375. The van der Waals surface area contributed by atoms with Crippen molar-refractivity contribution in [3.05, 3.63) is 26.6 Å². The quantitative estimate of drug-likeness (QED) is 0.576. The van der Waals surface area contributed by atoms with Gasteiger partial charge in [-0.1, -0.05) is 15.9 Å². The van der Waals surface area contributed by atoms with Gasteiger partial charge >= 0.3 is 0 Å². The lowest BCUT2D eigenvalue weighted by Gasteiger charge is -2.07. The lowest BCUT2D eigenvalue weighted by molar-refractivity contribution is 0.145. The predicted octanol–water partition coefficient (Wildman–Crippen LogP) is 3.83. The van der Waals surface area contributed by atoms with Gasteiger partial charge in [0.25, 0.3) is 6.43 Å². The molecule has 0 fully saturated rings. The van der Waals surface area contributed by atoms with E-state index in [0.29, 0.717) is 16.6 Å². The van der Waals surface area contributed by atoms with Crippen molar-refractivity contribution < 1.29 is 8.78 Å². The van der Waals surface area contributed by atoms with Gasteiger partial charge in [-0.3, -0.25) is 4.98 Å². The molecular formula is C8H7BrF2IN. The largest absolute Gasteiger partial charge is 0.280 e. The lowest BCUT2D eigenvalue weighted by atomic mass is 10.2. The first-order valence-corrected chi connectivity index (χ1v) is 5.76. The van der Waals surface area contributed by atoms with Crippen LogP contribution in [0.5, 0.6) is 0 Å². The van der Waals surface area contributed by atoms with Gasteiger partial charge in [-0.05, 0) is 41.1 Å². The molecule has 0 aliphatic rings. The summed E-state index contributed by atoms with van der Waals surface area (Å²) >= 11 is 5.24. The summed E-state index contributed by atoms with van der Waals surface area (Å²) in [7, 11) is 0. The number of pyridine rings is 1. The van der Waals surface area contributed by atoms with E-state index in [1.807, 2.05) is 0 Å². The van der Waals surface area contributed by atoms with Gasteiger partial charge < -0.3 is 0 Å². The average Bonchev–Trinajstić information content (AvgIpc) is 2.08. The predicted molar refractivity (Wildman–Crippen MR) is 59.3 cm³/mol. The molecule has 1 rings (SSSR count). The smallest absolute Gasteiger partial charge is 0.251 e. The fourth-order valence-electron chi connectivity index (χ4n) is 0.933. The third kappa shape index (κ3) is 2.59. The second kappa shape index (κ2) is 4.63. The van der Waals surface area contributed by atoms with Gasteiger partial charge in [-0.15, -0.1) is 0 Å². The van der Waals surface area contributed by atoms with Crippen molar-refractivity contribution in [1.29, 1.82) is 0 Å². The molecule has 0 N–H and O–H groups in total. The zero-order valence-corrected chi connectivity index (χ0v) is 10.6. The van der Waals surface area contributed by atoms with Crippen LogP contribution in [0.3, 0.4) is 0 Å². The molecule has 0 spiro atoms. The Morgan fingerprint density at radius 2 is 2.23 bits per heavy atom. The van der Waals surface area contributed by atoms with E-state index in [1.54, 1.807) is 13.0 Å². The van der Waals surface area contributed by atoms with Crippen LogP contribution in [0.4, 0.5) is 8.78 Å². The molecule has 0 aliphatic carbocycles. The summed E-state index contributed by atoms with van der Waals surface area (Å²) in [6.45, 7) is 1.73. The van der Waals surface area contributed by atoms with Crippen molar-refractivity contribution >= 4 is 38.5 Å². The van der Waals surface area contributed by atoms with Gasteiger partial charge in [0.15, 0.2) is 0 Å².